The molecule has 3 rings (SSSR count). The largest absolute Gasteiger partial charge is 0.306 e. The fraction of sp³-hybridized carbons (Fsp3) is 0.176. The van der Waals surface area contributed by atoms with Gasteiger partial charge in [-0.05, 0) is 26.0 Å². The van der Waals surface area contributed by atoms with Crippen molar-refractivity contribution in [2.75, 3.05) is 5.32 Å². The van der Waals surface area contributed by atoms with Crippen LogP contribution in [0.3, 0.4) is 0 Å². The third-order valence-electron chi connectivity index (χ3n) is 3.48. The van der Waals surface area contributed by atoms with E-state index in [1.807, 2.05) is 0 Å². The van der Waals surface area contributed by atoms with Crippen LogP contribution >= 0.6 is 11.8 Å². The van der Waals surface area contributed by atoms with Crippen molar-refractivity contribution < 1.29 is 13.6 Å². The lowest BCUT2D eigenvalue weighted by Crippen LogP contribution is -2.19. The Labute approximate surface area is 156 Å². The molecule has 0 aliphatic rings. The third-order valence-corrected chi connectivity index (χ3v) is 4.27. The molecule has 3 aromatic rings. The lowest BCUT2D eigenvalue weighted by atomic mass is 10.2. The predicted octanol–water partition coefficient (Wildman–Crippen LogP) is 3.14. The first-order valence-electron chi connectivity index (χ1n) is 7.83. The van der Waals surface area contributed by atoms with Gasteiger partial charge in [-0.2, -0.15) is 18.6 Å². The fourth-order valence-electron chi connectivity index (χ4n) is 2.45. The smallest absolute Gasteiger partial charge is 0.288 e. The quantitative estimate of drug-likeness (QED) is 0.652. The van der Waals surface area contributed by atoms with E-state index >= 15 is 0 Å². The van der Waals surface area contributed by atoms with Crippen molar-refractivity contribution >= 4 is 23.5 Å². The second kappa shape index (κ2) is 7.70. The summed E-state index contributed by atoms with van der Waals surface area (Å²) in [5.41, 5.74) is 0.808. The molecule has 0 atom stereocenters. The van der Waals surface area contributed by atoms with Gasteiger partial charge in [-0.1, -0.05) is 23.9 Å². The van der Waals surface area contributed by atoms with Gasteiger partial charge in [0.1, 0.15) is 5.82 Å². The molecule has 0 unspecified atom stereocenters. The molecule has 140 valence electrons. The number of hydrogen-bond acceptors (Lipinski definition) is 5. The molecule has 0 spiro atoms. The summed E-state index contributed by atoms with van der Waals surface area (Å²) in [5, 5.41) is 6.86. The van der Waals surface area contributed by atoms with E-state index in [-0.39, 0.29) is 27.8 Å². The molecule has 0 fully saturated rings. The molecule has 2 heterocycles. The Morgan fingerprint density at radius 1 is 1.22 bits per heavy atom. The highest BCUT2D eigenvalue weighted by atomic mass is 32.2. The minimum Gasteiger partial charge on any atom is -0.306 e. The maximum Gasteiger partial charge on any atom is 0.288 e. The van der Waals surface area contributed by atoms with Gasteiger partial charge in [0.15, 0.2) is 0 Å². The van der Waals surface area contributed by atoms with Gasteiger partial charge < -0.3 is 5.32 Å². The lowest BCUT2D eigenvalue weighted by molar-refractivity contribution is 0.102. The molecule has 1 amide bonds. The molecule has 10 heteroatoms. The molecule has 1 aromatic carbocycles. The van der Waals surface area contributed by atoms with Crippen molar-refractivity contribution in [3.63, 3.8) is 0 Å². The summed E-state index contributed by atoms with van der Waals surface area (Å²) in [5.74, 6) is -2.83. The zero-order valence-corrected chi connectivity index (χ0v) is 15.2. The van der Waals surface area contributed by atoms with Crippen LogP contribution in [0.2, 0.25) is 0 Å². The maximum absolute atomic E-state index is 12.7. The van der Waals surface area contributed by atoms with Crippen LogP contribution in [0.1, 0.15) is 21.7 Å². The summed E-state index contributed by atoms with van der Waals surface area (Å²) in [6, 6.07) is 9.00. The number of carbonyl (C=O) groups is 1. The number of rotatable bonds is 5. The topological polar surface area (TPSA) is 92.7 Å². The molecule has 2 N–H and O–H groups in total. The molecular formula is C17H15F2N5O2S. The number of hydrogen-bond donors (Lipinski definition) is 2. The number of amides is 1. The van der Waals surface area contributed by atoms with Crippen LogP contribution in [-0.2, 0) is 0 Å². The Balaban J connectivity index is 1.96. The molecule has 0 saturated heterocycles. The average molecular weight is 391 g/mol. The van der Waals surface area contributed by atoms with Crippen molar-refractivity contribution in [1.82, 2.24) is 19.7 Å². The molecule has 7 nitrogen and oxygen atoms in total. The number of aryl methyl sites for hydroxylation is 2. The Hall–Kier alpha value is -3.01. The lowest BCUT2D eigenvalue weighted by Gasteiger charge is -2.11. The van der Waals surface area contributed by atoms with E-state index in [4.69, 9.17) is 0 Å². The number of nitrogens with one attached hydrogen (secondary N) is 2. The van der Waals surface area contributed by atoms with Crippen LogP contribution in [0.15, 0.2) is 46.1 Å². The number of aromatic amines is 1. The number of H-pyrrole nitrogens is 1. The zero-order chi connectivity index (χ0) is 19.6. The van der Waals surface area contributed by atoms with Gasteiger partial charge in [-0.25, -0.2) is 4.98 Å². The van der Waals surface area contributed by atoms with Gasteiger partial charge in [-0.15, -0.1) is 0 Å². The number of nitrogens with zero attached hydrogens (tertiary/aromatic N) is 3. The van der Waals surface area contributed by atoms with Gasteiger partial charge in [0.25, 0.3) is 17.2 Å². The second-order valence-electron chi connectivity index (χ2n) is 5.62. The first-order chi connectivity index (χ1) is 12.8. The van der Waals surface area contributed by atoms with E-state index in [1.165, 1.54) is 22.9 Å². The van der Waals surface area contributed by atoms with Crippen molar-refractivity contribution in [2.24, 2.45) is 0 Å². The first-order valence-corrected chi connectivity index (χ1v) is 8.71. The van der Waals surface area contributed by atoms with Gasteiger partial charge in [-0.3, -0.25) is 14.6 Å². The van der Waals surface area contributed by atoms with Crippen LogP contribution in [0.5, 0.6) is 0 Å². The van der Waals surface area contributed by atoms with Crippen LogP contribution < -0.4 is 10.9 Å². The average Bonchev–Trinajstić information content (AvgIpc) is 2.94. The Kier molecular flexibility index (Phi) is 5.36. The third kappa shape index (κ3) is 4.40. The zero-order valence-electron chi connectivity index (χ0n) is 14.4. The normalized spacial score (nSPS) is 11.0. The summed E-state index contributed by atoms with van der Waals surface area (Å²) >= 11 is 0.297. The number of carbonyl (C=O) groups excluding carboxylic acids is 1. The standard InChI is InChI=1S/C17H15F2N5O2S/c1-9-8-14(25)22-17(20-9)24-13(7-10(2)23-24)21-15(26)11-5-3-4-6-12(11)27-16(18)19/h3-8,16H,1-2H3,(H,21,26)(H,20,22,25). The van der Waals surface area contributed by atoms with E-state index in [0.29, 0.717) is 23.1 Å². The van der Waals surface area contributed by atoms with Crippen molar-refractivity contribution in [2.45, 2.75) is 24.5 Å². The molecule has 0 bridgehead atoms. The van der Waals surface area contributed by atoms with Crippen LogP contribution in [0, 0.1) is 13.8 Å². The molecule has 0 saturated carbocycles. The van der Waals surface area contributed by atoms with Crippen molar-refractivity contribution in [3.05, 3.63) is 63.7 Å². The minimum atomic E-state index is -2.65. The molecule has 27 heavy (non-hydrogen) atoms. The highest BCUT2D eigenvalue weighted by Crippen LogP contribution is 2.29. The van der Waals surface area contributed by atoms with Crippen molar-refractivity contribution in [1.29, 1.82) is 0 Å². The van der Waals surface area contributed by atoms with E-state index < -0.39 is 11.7 Å². The molecule has 2 aromatic heterocycles. The summed E-state index contributed by atoms with van der Waals surface area (Å²) in [7, 11) is 0. The van der Waals surface area contributed by atoms with E-state index in [2.05, 4.69) is 20.4 Å². The summed E-state index contributed by atoms with van der Waals surface area (Å²) in [6.07, 6.45) is 0. The first kappa shape index (κ1) is 18.8. The van der Waals surface area contributed by atoms with Crippen molar-refractivity contribution in [3.8, 4) is 5.95 Å². The number of alkyl halides is 2. The number of halogens is 2. The SMILES string of the molecule is Cc1cc(=O)[nH]c(-n2nc(C)cc2NC(=O)c2ccccc2SC(F)F)n1. The molecule has 0 radical (unpaired) electrons. The molecule has 0 aliphatic heterocycles. The minimum absolute atomic E-state index is 0.110. The number of anilines is 1. The highest BCUT2D eigenvalue weighted by molar-refractivity contribution is 7.99. The molecular weight excluding hydrogens is 376 g/mol. The van der Waals surface area contributed by atoms with Gasteiger partial charge in [0.05, 0.1) is 11.3 Å². The summed E-state index contributed by atoms with van der Waals surface area (Å²) in [4.78, 5) is 31.3. The number of aromatic nitrogens is 4. The maximum atomic E-state index is 12.7. The Bertz CT molecular complexity index is 1050. The van der Waals surface area contributed by atoms with E-state index in [9.17, 15) is 18.4 Å². The summed E-state index contributed by atoms with van der Waals surface area (Å²) < 4.78 is 26.7. The van der Waals surface area contributed by atoms with Gasteiger partial charge >= 0.3 is 0 Å². The Morgan fingerprint density at radius 2 is 1.96 bits per heavy atom. The molecule has 0 aliphatic carbocycles. The number of benzene rings is 1. The highest BCUT2D eigenvalue weighted by Gasteiger charge is 2.18. The summed E-state index contributed by atoms with van der Waals surface area (Å²) in [6.45, 7) is 3.37. The fourth-order valence-corrected chi connectivity index (χ4v) is 3.09. The van der Waals surface area contributed by atoms with Gasteiger partial charge in [0.2, 0.25) is 5.95 Å². The van der Waals surface area contributed by atoms with Crippen LogP contribution in [0.25, 0.3) is 5.95 Å². The Morgan fingerprint density at radius 3 is 2.67 bits per heavy atom. The van der Waals surface area contributed by atoms with Crippen LogP contribution in [-0.4, -0.2) is 31.4 Å². The van der Waals surface area contributed by atoms with E-state index in [0.717, 1.165) is 0 Å². The monoisotopic (exact) mass is 391 g/mol. The number of thioether (sulfide) groups is 1. The van der Waals surface area contributed by atoms with E-state index in [1.54, 1.807) is 32.0 Å². The van der Waals surface area contributed by atoms with Gasteiger partial charge in [0, 0.05) is 22.7 Å². The van der Waals surface area contributed by atoms with Crippen LogP contribution in [0.4, 0.5) is 14.6 Å². The predicted molar refractivity (Wildman–Crippen MR) is 97.7 cm³/mol. The second-order valence-corrected chi connectivity index (χ2v) is 6.65.